The van der Waals surface area contributed by atoms with Crippen molar-refractivity contribution in [2.75, 3.05) is 0 Å². The maximum atomic E-state index is 6.44. The summed E-state index contributed by atoms with van der Waals surface area (Å²) in [7, 11) is 0. The number of hydrogen-bond donors (Lipinski definition) is 1. The zero-order valence-corrected chi connectivity index (χ0v) is 10.6. The van der Waals surface area contributed by atoms with Crippen LogP contribution in [0.15, 0.2) is 12.1 Å². The van der Waals surface area contributed by atoms with Gasteiger partial charge in [-0.05, 0) is 50.2 Å². The molecule has 0 bridgehead atoms. The molecule has 2 unspecified atom stereocenters. The van der Waals surface area contributed by atoms with Crippen molar-refractivity contribution < 1.29 is 0 Å². The van der Waals surface area contributed by atoms with Crippen LogP contribution in [-0.2, 0) is 12.8 Å². The number of aryl methyl sites for hydroxylation is 1. The summed E-state index contributed by atoms with van der Waals surface area (Å²) in [6.07, 6.45) is 5.95. The highest BCUT2D eigenvalue weighted by molar-refractivity contribution is 7.12. The predicted octanol–water partition coefficient (Wildman–Crippen LogP) is 3.37. The van der Waals surface area contributed by atoms with Gasteiger partial charge in [0.25, 0.3) is 0 Å². The first-order valence-corrected chi connectivity index (χ1v) is 6.79. The summed E-state index contributed by atoms with van der Waals surface area (Å²) in [6, 6.07) is 4.52. The van der Waals surface area contributed by atoms with E-state index in [0.29, 0.717) is 0 Å². The quantitative estimate of drug-likeness (QED) is 0.835. The number of hydrogen-bond acceptors (Lipinski definition) is 2. The van der Waals surface area contributed by atoms with Crippen LogP contribution in [0.25, 0.3) is 0 Å². The number of rotatable bonds is 3. The van der Waals surface area contributed by atoms with E-state index in [1.807, 2.05) is 11.3 Å². The molecule has 2 atom stereocenters. The molecule has 1 aliphatic rings. The highest BCUT2D eigenvalue weighted by Gasteiger charge is 2.33. The van der Waals surface area contributed by atoms with Gasteiger partial charge in [0.05, 0.1) is 0 Å². The summed E-state index contributed by atoms with van der Waals surface area (Å²) in [4.78, 5) is 2.96. The van der Waals surface area contributed by atoms with Crippen molar-refractivity contribution in [1.82, 2.24) is 0 Å². The van der Waals surface area contributed by atoms with E-state index in [0.717, 1.165) is 18.8 Å². The summed E-state index contributed by atoms with van der Waals surface area (Å²) in [5.41, 5.74) is 6.53. The molecule has 0 amide bonds. The smallest absolute Gasteiger partial charge is 0.0205 e. The van der Waals surface area contributed by atoms with E-state index >= 15 is 0 Å². The minimum Gasteiger partial charge on any atom is -0.325 e. The fourth-order valence-electron chi connectivity index (χ4n) is 2.65. The molecule has 2 heteroatoms. The fourth-order valence-corrected chi connectivity index (χ4v) is 3.76. The van der Waals surface area contributed by atoms with Crippen molar-refractivity contribution in [2.24, 2.45) is 11.7 Å². The van der Waals surface area contributed by atoms with Crippen molar-refractivity contribution >= 4 is 11.3 Å². The molecule has 1 aromatic heterocycles. The molecule has 15 heavy (non-hydrogen) atoms. The van der Waals surface area contributed by atoms with E-state index < -0.39 is 0 Å². The average Bonchev–Trinajstić information content (AvgIpc) is 2.74. The van der Waals surface area contributed by atoms with Gasteiger partial charge in [-0.1, -0.05) is 13.8 Å². The zero-order chi connectivity index (χ0) is 10.9. The molecular weight excluding hydrogens is 202 g/mol. The Bertz CT molecular complexity index is 331. The minimum absolute atomic E-state index is 0.0925. The molecule has 0 radical (unpaired) electrons. The molecule has 0 saturated heterocycles. The number of thiophene rings is 1. The van der Waals surface area contributed by atoms with Gasteiger partial charge in [-0.2, -0.15) is 0 Å². The second-order valence-electron chi connectivity index (χ2n) is 5.11. The summed E-state index contributed by atoms with van der Waals surface area (Å²) in [5, 5.41) is 0. The molecule has 84 valence electrons. The standard InChI is InChI=1S/C13H21NS/c1-3-11-4-5-12(15-11)9-13(14)7-6-10(2)8-13/h4-5,10H,3,6-9,14H2,1-2H3. The third-order valence-corrected chi connectivity index (χ3v) is 4.71. The first kappa shape index (κ1) is 11.2. The maximum Gasteiger partial charge on any atom is 0.0205 e. The summed E-state index contributed by atoms with van der Waals surface area (Å²) in [5.74, 6) is 0.820. The molecule has 1 fully saturated rings. The molecule has 1 saturated carbocycles. The topological polar surface area (TPSA) is 26.0 Å². The second-order valence-corrected chi connectivity index (χ2v) is 6.36. The van der Waals surface area contributed by atoms with Crippen molar-refractivity contribution in [2.45, 2.75) is 51.5 Å². The molecule has 1 nitrogen and oxygen atoms in total. The van der Waals surface area contributed by atoms with Gasteiger partial charge in [0.1, 0.15) is 0 Å². The molecular formula is C13H21NS. The molecule has 2 rings (SSSR count). The van der Waals surface area contributed by atoms with E-state index in [-0.39, 0.29) is 5.54 Å². The maximum absolute atomic E-state index is 6.44. The Kier molecular flexibility index (Phi) is 3.17. The lowest BCUT2D eigenvalue weighted by atomic mass is 9.93. The third-order valence-electron chi connectivity index (χ3n) is 3.48. The Hall–Kier alpha value is -0.340. The Morgan fingerprint density at radius 1 is 1.47 bits per heavy atom. The van der Waals surface area contributed by atoms with Gasteiger partial charge in [0.2, 0.25) is 0 Å². The first-order chi connectivity index (χ1) is 7.11. The Morgan fingerprint density at radius 3 is 2.73 bits per heavy atom. The molecule has 0 spiro atoms. The molecule has 1 heterocycles. The van der Waals surface area contributed by atoms with E-state index in [1.165, 1.54) is 29.0 Å². The van der Waals surface area contributed by atoms with Crippen LogP contribution >= 0.6 is 11.3 Å². The zero-order valence-electron chi connectivity index (χ0n) is 9.75. The minimum atomic E-state index is 0.0925. The van der Waals surface area contributed by atoms with Gasteiger partial charge in [0, 0.05) is 15.3 Å². The van der Waals surface area contributed by atoms with E-state index in [1.54, 1.807) is 0 Å². The fraction of sp³-hybridized carbons (Fsp3) is 0.692. The second kappa shape index (κ2) is 4.26. The van der Waals surface area contributed by atoms with Gasteiger partial charge in [-0.15, -0.1) is 11.3 Å². The van der Waals surface area contributed by atoms with Crippen molar-refractivity contribution in [3.8, 4) is 0 Å². The van der Waals surface area contributed by atoms with Crippen LogP contribution in [0.1, 0.15) is 42.9 Å². The normalized spacial score (nSPS) is 31.0. The lowest BCUT2D eigenvalue weighted by Gasteiger charge is -2.23. The van der Waals surface area contributed by atoms with Crippen LogP contribution in [0.2, 0.25) is 0 Å². The van der Waals surface area contributed by atoms with Crippen molar-refractivity contribution in [3.63, 3.8) is 0 Å². The molecule has 0 aliphatic heterocycles. The molecule has 2 N–H and O–H groups in total. The van der Waals surface area contributed by atoms with E-state index in [4.69, 9.17) is 5.73 Å². The highest BCUT2D eigenvalue weighted by Crippen LogP contribution is 2.36. The lowest BCUT2D eigenvalue weighted by Crippen LogP contribution is -2.38. The van der Waals surface area contributed by atoms with Gasteiger partial charge >= 0.3 is 0 Å². The van der Waals surface area contributed by atoms with Crippen LogP contribution in [-0.4, -0.2) is 5.54 Å². The molecule has 0 aromatic carbocycles. The molecule has 1 aromatic rings. The van der Waals surface area contributed by atoms with Crippen LogP contribution in [0, 0.1) is 5.92 Å². The molecule has 1 aliphatic carbocycles. The van der Waals surface area contributed by atoms with Crippen LogP contribution in [0.4, 0.5) is 0 Å². The predicted molar refractivity (Wildman–Crippen MR) is 67.3 cm³/mol. The average molecular weight is 223 g/mol. The Morgan fingerprint density at radius 2 is 2.20 bits per heavy atom. The highest BCUT2D eigenvalue weighted by atomic mass is 32.1. The summed E-state index contributed by atoms with van der Waals surface area (Å²) < 4.78 is 0. The number of nitrogens with two attached hydrogens (primary N) is 1. The van der Waals surface area contributed by atoms with Crippen molar-refractivity contribution in [1.29, 1.82) is 0 Å². The van der Waals surface area contributed by atoms with Gasteiger partial charge in [-0.3, -0.25) is 0 Å². The van der Waals surface area contributed by atoms with Crippen LogP contribution < -0.4 is 5.73 Å². The Balaban J connectivity index is 2.02. The van der Waals surface area contributed by atoms with Crippen LogP contribution in [0.3, 0.4) is 0 Å². The van der Waals surface area contributed by atoms with Gasteiger partial charge < -0.3 is 5.73 Å². The summed E-state index contributed by atoms with van der Waals surface area (Å²) in [6.45, 7) is 4.53. The third kappa shape index (κ3) is 2.61. The van der Waals surface area contributed by atoms with E-state index in [2.05, 4.69) is 26.0 Å². The SMILES string of the molecule is CCc1ccc(CC2(N)CCC(C)C2)s1. The lowest BCUT2D eigenvalue weighted by molar-refractivity contribution is 0.422. The van der Waals surface area contributed by atoms with Crippen molar-refractivity contribution in [3.05, 3.63) is 21.9 Å². The largest absolute Gasteiger partial charge is 0.325 e. The summed E-state index contributed by atoms with van der Waals surface area (Å²) >= 11 is 1.94. The Labute approximate surface area is 96.7 Å². The van der Waals surface area contributed by atoms with E-state index in [9.17, 15) is 0 Å². The van der Waals surface area contributed by atoms with Gasteiger partial charge in [0.15, 0.2) is 0 Å². The van der Waals surface area contributed by atoms with Gasteiger partial charge in [-0.25, -0.2) is 0 Å². The monoisotopic (exact) mass is 223 g/mol. The van der Waals surface area contributed by atoms with Crippen LogP contribution in [0.5, 0.6) is 0 Å². The first-order valence-electron chi connectivity index (χ1n) is 5.98.